The Kier molecular flexibility index (Phi) is 7.31. The van der Waals surface area contributed by atoms with Gasteiger partial charge in [0.25, 0.3) is 0 Å². The number of carbonyl (C=O) groups excluding carboxylic acids is 1. The second-order valence-electron chi connectivity index (χ2n) is 8.93. The standard InChI is InChI=1S/C28H29Cl2NO2/c1-18(2)20-8-11-22(12-9-20)31(17-19-7-14-26(29)27(30)15-19)28(32)24-6-4-5-21-10-13-23(33-3)16-25(21)24/h7-16,18,24H,4-6,17H2,1-3H3. The lowest BCUT2D eigenvalue weighted by molar-refractivity contribution is -0.120. The fraction of sp³-hybridized carbons (Fsp3) is 0.321. The summed E-state index contributed by atoms with van der Waals surface area (Å²) in [6.45, 7) is 4.76. The number of hydrogen-bond acceptors (Lipinski definition) is 2. The molecular weight excluding hydrogens is 453 g/mol. The largest absolute Gasteiger partial charge is 0.497 e. The third-order valence-electron chi connectivity index (χ3n) is 6.43. The van der Waals surface area contributed by atoms with E-state index in [-0.39, 0.29) is 11.8 Å². The van der Waals surface area contributed by atoms with E-state index in [0.717, 1.165) is 41.8 Å². The summed E-state index contributed by atoms with van der Waals surface area (Å²) in [5.74, 6) is 1.09. The average Bonchev–Trinajstić information content (AvgIpc) is 2.83. The topological polar surface area (TPSA) is 29.5 Å². The molecule has 0 bridgehead atoms. The summed E-state index contributed by atoms with van der Waals surface area (Å²) in [4.78, 5) is 15.9. The number of methoxy groups -OCH3 is 1. The molecule has 3 aromatic carbocycles. The molecule has 1 aliphatic carbocycles. The highest BCUT2D eigenvalue weighted by molar-refractivity contribution is 6.42. The number of benzene rings is 3. The lowest BCUT2D eigenvalue weighted by Crippen LogP contribution is -2.36. The number of hydrogen-bond donors (Lipinski definition) is 0. The monoisotopic (exact) mass is 481 g/mol. The molecule has 0 fully saturated rings. The van der Waals surface area contributed by atoms with Gasteiger partial charge in [0.15, 0.2) is 0 Å². The molecule has 1 unspecified atom stereocenters. The molecule has 1 aliphatic rings. The van der Waals surface area contributed by atoms with E-state index in [4.69, 9.17) is 27.9 Å². The van der Waals surface area contributed by atoms with Crippen LogP contribution in [0.5, 0.6) is 5.75 Å². The third kappa shape index (κ3) is 5.20. The van der Waals surface area contributed by atoms with Gasteiger partial charge in [0.1, 0.15) is 5.75 Å². The van der Waals surface area contributed by atoms with Crippen molar-refractivity contribution in [3.63, 3.8) is 0 Å². The fourth-order valence-corrected chi connectivity index (χ4v) is 4.83. The van der Waals surface area contributed by atoms with Crippen LogP contribution in [0.3, 0.4) is 0 Å². The maximum atomic E-state index is 14.1. The van der Waals surface area contributed by atoms with Gasteiger partial charge in [-0.25, -0.2) is 0 Å². The molecular formula is C28H29Cl2NO2. The Labute approximate surface area is 206 Å². The van der Waals surface area contributed by atoms with Crippen LogP contribution >= 0.6 is 23.2 Å². The van der Waals surface area contributed by atoms with E-state index in [9.17, 15) is 4.79 Å². The Balaban J connectivity index is 1.73. The van der Waals surface area contributed by atoms with Crippen molar-refractivity contribution < 1.29 is 9.53 Å². The molecule has 0 saturated heterocycles. The van der Waals surface area contributed by atoms with E-state index in [1.165, 1.54) is 11.1 Å². The van der Waals surface area contributed by atoms with Gasteiger partial charge in [-0.15, -0.1) is 0 Å². The number of amides is 1. The minimum Gasteiger partial charge on any atom is -0.497 e. The Hall–Kier alpha value is -2.49. The quantitative estimate of drug-likeness (QED) is 0.359. The van der Waals surface area contributed by atoms with E-state index >= 15 is 0 Å². The number of nitrogens with zero attached hydrogens (tertiary/aromatic N) is 1. The van der Waals surface area contributed by atoms with Gasteiger partial charge < -0.3 is 9.64 Å². The SMILES string of the molecule is COc1ccc2c(c1)C(C(=O)N(Cc1ccc(Cl)c(Cl)c1)c1ccc(C(C)C)cc1)CCC2. The lowest BCUT2D eigenvalue weighted by Gasteiger charge is -2.31. The van der Waals surface area contributed by atoms with Crippen molar-refractivity contribution in [3.05, 3.63) is 93.0 Å². The van der Waals surface area contributed by atoms with Crippen molar-refractivity contribution in [1.82, 2.24) is 0 Å². The van der Waals surface area contributed by atoms with Crippen molar-refractivity contribution in [2.45, 2.75) is 51.5 Å². The fourth-order valence-electron chi connectivity index (χ4n) is 4.50. The summed E-state index contributed by atoms with van der Waals surface area (Å²) >= 11 is 12.4. The van der Waals surface area contributed by atoms with Crippen LogP contribution in [0.1, 0.15) is 60.8 Å². The smallest absolute Gasteiger partial charge is 0.234 e. The zero-order valence-electron chi connectivity index (χ0n) is 19.3. The predicted octanol–water partition coefficient (Wildman–Crippen LogP) is 7.78. The van der Waals surface area contributed by atoms with Gasteiger partial charge in [-0.1, -0.05) is 61.3 Å². The highest BCUT2D eigenvalue weighted by Gasteiger charge is 2.31. The van der Waals surface area contributed by atoms with E-state index in [2.05, 4.69) is 32.0 Å². The van der Waals surface area contributed by atoms with Crippen LogP contribution in [-0.4, -0.2) is 13.0 Å². The molecule has 172 valence electrons. The maximum Gasteiger partial charge on any atom is 0.234 e. The van der Waals surface area contributed by atoms with Crippen molar-refractivity contribution >= 4 is 34.8 Å². The molecule has 4 rings (SSSR count). The van der Waals surface area contributed by atoms with Crippen molar-refractivity contribution in [2.75, 3.05) is 12.0 Å². The highest BCUT2D eigenvalue weighted by Crippen LogP contribution is 2.37. The number of ether oxygens (including phenoxy) is 1. The number of halogens is 2. The first-order valence-corrected chi connectivity index (χ1v) is 12.1. The third-order valence-corrected chi connectivity index (χ3v) is 7.17. The van der Waals surface area contributed by atoms with Gasteiger partial charge in [0.05, 0.1) is 29.6 Å². The molecule has 3 nitrogen and oxygen atoms in total. The molecule has 5 heteroatoms. The number of aryl methyl sites for hydroxylation is 1. The molecule has 0 spiro atoms. The van der Waals surface area contributed by atoms with Crippen LogP contribution in [0.25, 0.3) is 0 Å². The average molecular weight is 482 g/mol. The van der Waals surface area contributed by atoms with Crippen LogP contribution in [-0.2, 0) is 17.8 Å². The minimum atomic E-state index is -0.212. The molecule has 0 aliphatic heterocycles. The summed E-state index contributed by atoms with van der Waals surface area (Å²) in [7, 11) is 1.66. The number of carbonyl (C=O) groups is 1. The number of fused-ring (bicyclic) bond motifs is 1. The summed E-state index contributed by atoms with van der Waals surface area (Å²) < 4.78 is 5.46. The van der Waals surface area contributed by atoms with Gasteiger partial charge in [0, 0.05) is 5.69 Å². The molecule has 3 aromatic rings. The lowest BCUT2D eigenvalue weighted by atomic mass is 9.81. The van der Waals surface area contributed by atoms with Crippen LogP contribution < -0.4 is 9.64 Å². The van der Waals surface area contributed by atoms with Gasteiger partial charge in [0.2, 0.25) is 5.91 Å². The van der Waals surface area contributed by atoms with E-state index < -0.39 is 0 Å². The van der Waals surface area contributed by atoms with Gasteiger partial charge in [-0.05, 0) is 83.8 Å². The molecule has 0 N–H and O–H groups in total. The second-order valence-corrected chi connectivity index (χ2v) is 9.74. The van der Waals surface area contributed by atoms with E-state index in [0.29, 0.717) is 22.5 Å². The van der Waals surface area contributed by atoms with Gasteiger partial charge in [-0.3, -0.25) is 4.79 Å². The summed E-state index contributed by atoms with van der Waals surface area (Å²) in [6.07, 6.45) is 2.79. The number of anilines is 1. The number of rotatable bonds is 6. The first-order valence-electron chi connectivity index (χ1n) is 11.4. The molecule has 1 amide bonds. The summed E-state index contributed by atoms with van der Waals surface area (Å²) in [5, 5.41) is 0.998. The van der Waals surface area contributed by atoms with Crippen LogP contribution in [0.15, 0.2) is 60.7 Å². The van der Waals surface area contributed by atoms with Gasteiger partial charge in [-0.2, -0.15) is 0 Å². The highest BCUT2D eigenvalue weighted by atomic mass is 35.5. The summed E-state index contributed by atoms with van der Waals surface area (Å²) in [6, 6.07) is 19.9. The first-order chi connectivity index (χ1) is 15.9. The van der Waals surface area contributed by atoms with Crippen LogP contribution in [0.4, 0.5) is 5.69 Å². The second kappa shape index (κ2) is 10.2. The molecule has 0 saturated carbocycles. The van der Waals surface area contributed by atoms with Crippen LogP contribution in [0, 0.1) is 0 Å². The van der Waals surface area contributed by atoms with E-state index in [1.54, 1.807) is 13.2 Å². The minimum absolute atomic E-state index is 0.0903. The molecule has 33 heavy (non-hydrogen) atoms. The molecule has 0 heterocycles. The van der Waals surface area contributed by atoms with Crippen molar-refractivity contribution in [1.29, 1.82) is 0 Å². The summed E-state index contributed by atoms with van der Waals surface area (Å²) in [5.41, 5.74) is 5.36. The molecule has 1 atom stereocenters. The normalized spacial score (nSPS) is 15.3. The zero-order chi connectivity index (χ0) is 23.5. The zero-order valence-corrected chi connectivity index (χ0v) is 20.8. The van der Waals surface area contributed by atoms with Crippen molar-refractivity contribution in [2.24, 2.45) is 0 Å². The molecule has 0 radical (unpaired) electrons. The first kappa shape index (κ1) is 23.7. The Morgan fingerprint density at radius 1 is 1.03 bits per heavy atom. The Morgan fingerprint density at radius 2 is 1.79 bits per heavy atom. The van der Waals surface area contributed by atoms with Crippen LogP contribution in [0.2, 0.25) is 10.0 Å². The molecule has 0 aromatic heterocycles. The van der Waals surface area contributed by atoms with Crippen molar-refractivity contribution in [3.8, 4) is 5.75 Å². The van der Waals surface area contributed by atoms with E-state index in [1.807, 2.05) is 41.3 Å². The predicted molar refractivity (Wildman–Crippen MR) is 137 cm³/mol. The maximum absolute atomic E-state index is 14.1. The Morgan fingerprint density at radius 3 is 2.45 bits per heavy atom. The Bertz CT molecular complexity index is 1140. The van der Waals surface area contributed by atoms with Gasteiger partial charge >= 0.3 is 0 Å².